The van der Waals surface area contributed by atoms with E-state index in [1.807, 2.05) is 0 Å². The van der Waals surface area contributed by atoms with Gasteiger partial charge in [0, 0.05) is 0 Å². The van der Waals surface area contributed by atoms with E-state index in [0.29, 0.717) is 0 Å². The van der Waals surface area contributed by atoms with Gasteiger partial charge in [0.25, 0.3) is 0 Å². The van der Waals surface area contributed by atoms with Crippen molar-refractivity contribution in [1.82, 2.24) is 10.6 Å². The van der Waals surface area contributed by atoms with E-state index >= 15 is 0 Å². The smallest absolute Gasteiger partial charge is 0.118 e. The summed E-state index contributed by atoms with van der Waals surface area (Å²) in [7, 11) is 0. The van der Waals surface area contributed by atoms with Crippen molar-refractivity contribution in [3.8, 4) is 0 Å². The second kappa shape index (κ2) is 3.30. The first-order valence-corrected chi connectivity index (χ1v) is 4.93. The maximum Gasteiger partial charge on any atom is 0.118 e. The minimum Gasteiger partial charge on any atom is -0.317 e. The number of hydrogen-bond donors (Lipinski definition) is 2. The van der Waals surface area contributed by atoms with Gasteiger partial charge in [-0.25, -0.2) is 4.39 Å². The molecule has 0 amide bonds. The molecule has 0 aromatic carbocycles. The molecule has 12 heavy (non-hydrogen) atoms. The normalized spacial score (nSPS) is 35.2. The van der Waals surface area contributed by atoms with Gasteiger partial charge >= 0.3 is 0 Å². The first kappa shape index (κ1) is 8.45. The lowest BCUT2D eigenvalue weighted by atomic mass is 9.79. The van der Waals surface area contributed by atoms with E-state index in [4.69, 9.17) is 0 Å². The van der Waals surface area contributed by atoms with Crippen molar-refractivity contribution >= 4 is 0 Å². The van der Waals surface area contributed by atoms with E-state index in [1.165, 1.54) is 0 Å². The van der Waals surface area contributed by atoms with Crippen molar-refractivity contribution < 1.29 is 4.39 Å². The van der Waals surface area contributed by atoms with Crippen molar-refractivity contribution in [3.05, 3.63) is 0 Å². The summed E-state index contributed by atoms with van der Waals surface area (Å²) < 4.78 is 13.6. The van der Waals surface area contributed by atoms with E-state index in [1.54, 1.807) is 0 Å². The molecule has 0 bridgehead atoms. The van der Waals surface area contributed by atoms with Gasteiger partial charge in [-0.1, -0.05) is 0 Å². The Morgan fingerprint density at radius 2 is 1.92 bits per heavy atom. The van der Waals surface area contributed by atoms with Gasteiger partial charge < -0.3 is 10.6 Å². The van der Waals surface area contributed by atoms with Crippen LogP contribution in [0, 0.1) is 0 Å². The molecule has 0 saturated carbocycles. The van der Waals surface area contributed by atoms with Gasteiger partial charge in [-0.2, -0.15) is 0 Å². The third-order valence-corrected chi connectivity index (χ3v) is 3.21. The van der Waals surface area contributed by atoms with Gasteiger partial charge in [0.1, 0.15) is 6.17 Å². The number of piperidine rings is 2. The van der Waals surface area contributed by atoms with Crippen molar-refractivity contribution in [3.63, 3.8) is 0 Å². The molecule has 2 fully saturated rings. The Hall–Kier alpha value is -0.150. The summed E-state index contributed by atoms with van der Waals surface area (Å²) in [4.78, 5) is 0. The van der Waals surface area contributed by atoms with E-state index in [0.717, 1.165) is 45.3 Å². The summed E-state index contributed by atoms with van der Waals surface area (Å²) in [6.45, 7) is 2.93. The van der Waals surface area contributed by atoms with Crippen LogP contribution in [0.4, 0.5) is 4.39 Å². The fourth-order valence-corrected chi connectivity index (χ4v) is 2.37. The van der Waals surface area contributed by atoms with Gasteiger partial charge in [0.15, 0.2) is 0 Å². The van der Waals surface area contributed by atoms with Crippen LogP contribution in [0.5, 0.6) is 0 Å². The molecule has 2 aliphatic heterocycles. The molecule has 3 heteroatoms. The predicted molar refractivity (Wildman–Crippen MR) is 47.0 cm³/mol. The van der Waals surface area contributed by atoms with E-state index in [2.05, 4.69) is 10.6 Å². The number of nitrogens with one attached hydrogen (secondary N) is 2. The van der Waals surface area contributed by atoms with Crippen molar-refractivity contribution in [2.75, 3.05) is 19.6 Å². The molecule has 2 nitrogen and oxygen atoms in total. The fraction of sp³-hybridized carbons (Fsp3) is 1.00. The summed E-state index contributed by atoms with van der Waals surface area (Å²) in [5, 5.41) is 6.64. The van der Waals surface area contributed by atoms with Crippen LogP contribution in [0.15, 0.2) is 0 Å². The minimum atomic E-state index is -0.617. The Morgan fingerprint density at radius 1 is 1.17 bits per heavy atom. The van der Waals surface area contributed by atoms with Gasteiger partial charge in [-0.3, -0.25) is 0 Å². The quantitative estimate of drug-likeness (QED) is 0.565. The number of halogens is 1. The van der Waals surface area contributed by atoms with Crippen LogP contribution in [-0.2, 0) is 0 Å². The Kier molecular flexibility index (Phi) is 2.33. The average molecular weight is 172 g/mol. The van der Waals surface area contributed by atoms with Crippen LogP contribution in [0.2, 0.25) is 0 Å². The molecule has 2 saturated heterocycles. The van der Waals surface area contributed by atoms with Crippen LogP contribution in [-0.4, -0.2) is 31.3 Å². The molecule has 0 aromatic heterocycles. The lowest BCUT2D eigenvalue weighted by Crippen LogP contribution is -2.60. The van der Waals surface area contributed by atoms with Crippen LogP contribution in [0.1, 0.15) is 25.7 Å². The highest BCUT2D eigenvalue weighted by Gasteiger charge is 2.41. The third kappa shape index (κ3) is 1.36. The second-order valence-corrected chi connectivity index (χ2v) is 3.94. The standard InChI is InChI=1S/C9H17FN2/c10-8-2-1-5-12-9(8)3-6-11-7-4-9/h8,11-12H,1-7H2. The predicted octanol–water partition coefficient (Wildman–Crippen LogP) is 0.830. The molecular formula is C9H17FN2. The molecule has 0 aliphatic carbocycles. The molecule has 2 aliphatic rings. The zero-order chi connectivity index (χ0) is 8.44. The monoisotopic (exact) mass is 172 g/mol. The molecule has 2 N–H and O–H groups in total. The Morgan fingerprint density at radius 3 is 2.58 bits per heavy atom. The molecular weight excluding hydrogens is 155 g/mol. The molecule has 0 radical (unpaired) electrons. The number of rotatable bonds is 0. The summed E-state index contributed by atoms with van der Waals surface area (Å²) in [6, 6.07) is 0. The number of alkyl halides is 1. The lowest BCUT2D eigenvalue weighted by Gasteiger charge is -2.44. The third-order valence-electron chi connectivity index (χ3n) is 3.21. The van der Waals surface area contributed by atoms with E-state index in [-0.39, 0.29) is 5.54 Å². The highest BCUT2D eigenvalue weighted by molar-refractivity contribution is 5.00. The van der Waals surface area contributed by atoms with Crippen LogP contribution in [0.25, 0.3) is 0 Å². The van der Waals surface area contributed by atoms with Gasteiger partial charge in [-0.05, 0) is 45.3 Å². The summed E-state index contributed by atoms with van der Waals surface area (Å²) in [6.07, 6.45) is 3.04. The SMILES string of the molecule is FC1CCCNC12CCNCC2. The van der Waals surface area contributed by atoms with Gasteiger partial charge in [-0.15, -0.1) is 0 Å². The van der Waals surface area contributed by atoms with E-state index < -0.39 is 6.17 Å². The highest BCUT2D eigenvalue weighted by atomic mass is 19.1. The zero-order valence-corrected chi connectivity index (χ0v) is 7.41. The van der Waals surface area contributed by atoms with Gasteiger partial charge in [0.2, 0.25) is 0 Å². The highest BCUT2D eigenvalue weighted by Crippen LogP contribution is 2.30. The summed E-state index contributed by atoms with van der Waals surface area (Å²) in [5.41, 5.74) is -0.163. The van der Waals surface area contributed by atoms with Crippen LogP contribution >= 0.6 is 0 Å². The summed E-state index contributed by atoms with van der Waals surface area (Å²) >= 11 is 0. The first-order chi connectivity index (χ1) is 5.83. The van der Waals surface area contributed by atoms with Crippen molar-refractivity contribution in [2.24, 2.45) is 0 Å². The van der Waals surface area contributed by atoms with Crippen LogP contribution in [0.3, 0.4) is 0 Å². The molecule has 0 aromatic rings. The maximum atomic E-state index is 13.6. The fourth-order valence-electron chi connectivity index (χ4n) is 2.37. The lowest BCUT2D eigenvalue weighted by molar-refractivity contribution is 0.0778. The van der Waals surface area contributed by atoms with Crippen LogP contribution < -0.4 is 10.6 Å². The Labute approximate surface area is 72.9 Å². The minimum absolute atomic E-state index is 0.163. The first-order valence-electron chi connectivity index (χ1n) is 4.93. The molecule has 1 spiro atoms. The molecule has 2 heterocycles. The van der Waals surface area contributed by atoms with Crippen molar-refractivity contribution in [1.29, 1.82) is 0 Å². The molecule has 2 rings (SSSR count). The molecule has 1 atom stereocenters. The molecule has 1 unspecified atom stereocenters. The summed E-state index contributed by atoms with van der Waals surface area (Å²) in [5.74, 6) is 0. The van der Waals surface area contributed by atoms with Crippen molar-refractivity contribution in [2.45, 2.75) is 37.4 Å². The zero-order valence-electron chi connectivity index (χ0n) is 7.41. The largest absolute Gasteiger partial charge is 0.317 e. The Balaban J connectivity index is 2.04. The maximum absolute atomic E-state index is 13.6. The topological polar surface area (TPSA) is 24.1 Å². The number of hydrogen-bond acceptors (Lipinski definition) is 2. The average Bonchev–Trinajstić information content (AvgIpc) is 2.12. The van der Waals surface area contributed by atoms with Gasteiger partial charge in [0.05, 0.1) is 5.54 Å². The second-order valence-electron chi connectivity index (χ2n) is 3.94. The Bertz CT molecular complexity index is 146. The van der Waals surface area contributed by atoms with E-state index in [9.17, 15) is 4.39 Å². The molecule has 70 valence electrons.